The van der Waals surface area contributed by atoms with Crippen molar-refractivity contribution in [2.45, 2.75) is 23.1 Å². The zero-order valence-corrected chi connectivity index (χ0v) is 20.6. The average molecular weight is 502 g/mol. The van der Waals surface area contributed by atoms with E-state index >= 15 is 0 Å². The summed E-state index contributed by atoms with van der Waals surface area (Å²) in [6, 6.07) is 26.7. The van der Waals surface area contributed by atoms with Crippen molar-refractivity contribution in [1.29, 1.82) is 0 Å². The van der Waals surface area contributed by atoms with Gasteiger partial charge in [0, 0.05) is 17.4 Å². The Bertz CT molecular complexity index is 2210. The Hall–Kier alpha value is -4.56. The monoisotopic (exact) mass is 501 g/mol. The fourth-order valence-corrected chi connectivity index (χ4v) is 7.23. The van der Waals surface area contributed by atoms with Crippen LogP contribution in [0, 0.1) is 0 Å². The van der Waals surface area contributed by atoms with Crippen LogP contribution < -0.4 is 0 Å². The molecule has 8 rings (SSSR count). The molecular weight excluding hydrogens is 482 g/mol. The highest BCUT2D eigenvalue weighted by Gasteiger charge is 2.33. The Morgan fingerprint density at radius 3 is 2.41 bits per heavy atom. The SMILES string of the molecule is CCc1nc2cccc3c2n1-c1ccc(-c2nc4ccccc4c4nc5ccccc5n24)cc1S3(=O)=O. The van der Waals surface area contributed by atoms with E-state index in [1.807, 2.05) is 82.6 Å². The average Bonchev–Trinajstić information content (AvgIpc) is 3.51. The minimum atomic E-state index is -3.77. The highest BCUT2D eigenvalue weighted by Crippen LogP contribution is 2.41. The standard InChI is InChI=1S/C29H19N5O2S/c1-2-26-30-21-11-7-13-24-27(21)33(26)23-15-14-17(16-25(23)37(24,35)36)28-31-19-9-4-3-8-18(19)29-32-20-10-5-6-12-22(20)34(28)29/h3-16H,2H2,1H3. The van der Waals surface area contributed by atoms with E-state index in [1.165, 1.54) is 0 Å². The van der Waals surface area contributed by atoms with Gasteiger partial charge in [0.25, 0.3) is 0 Å². The lowest BCUT2D eigenvalue weighted by atomic mass is 10.1. The molecule has 0 amide bonds. The molecule has 1 aliphatic rings. The number of rotatable bonds is 2. The summed E-state index contributed by atoms with van der Waals surface area (Å²) in [7, 11) is -3.77. The zero-order valence-electron chi connectivity index (χ0n) is 19.8. The first kappa shape index (κ1) is 20.6. The first-order valence-electron chi connectivity index (χ1n) is 12.1. The molecule has 4 heterocycles. The van der Waals surface area contributed by atoms with Crippen molar-refractivity contribution in [2.75, 3.05) is 0 Å². The van der Waals surface area contributed by atoms with Crippen LogP contribution in [0.5, 0.6) is 0 Å². The van der Waals surface area contributed by atoms with Crippen LogP contribution in [0.4, 0.5) is 0 Å². The molecule has 0 saturated carbocycles. The van der Waals surface area contributed by atoms with Gasteiger partial charge in [0.2, 0.25) is 9.84 Å². The second-order valence-corrected chi connectivity index (χ2v) is 11.1. The molecule has 0 aliphatic carbocycles. The molecule has 7 aromatic rings. The lowest BCUT2D eigenvalue weighted by Gasteiger charge is -2.21. The molecule has 7 nitrogen and oxygen atoms in total. The predicted octanol–water partition coefficient (Wildman–Crippen LogP) is 5.75. The summed E-state index contributed by atoms with van der Waals surface area (Å²) in [5, 5.41) is 0.940. The van der Waals surface area contributed by atoms with Crippen molar-refractivity contribution in [3.63, 3.8) is 0 Å². The second kappa shape index (κ2) is 7.02. The molecule has 8 heteroatoms. The van der Waals surface area contributed by atoms with Gasteiger partial charge in [-0.15, -0.1) is 0 Å². The first-order chi connectivity index (χ1) is 18.1. The van der Waals surface area contributed by atoms with E-state index in [4.69, 9.17) is 15.0 Å². The molecule has 178 valence electrons. The normalized spacial score (nSPS) is 14.1. The lowest BCUT2D eigenvalue weighted by Crippen LogP contribution is -2.16. The Morgan fingerprint density at radius 1 is 0.757 bits per heavy atom. The van der Waals surface area contributed by atoms with Crippen LogP contribution in [0.3, 0.4) is 0 Å². The number of fused-ring (bicyclic) bond motifs is 7. The highest BCUT2D eigenvalue weighted by molar-refractivity contribution is 7.92. The van der Waals surface area contributed by atoms with Gasteiger partial charge in [-0.05, 0) is 54.6 Å². The van der Waals surface area contributed by atoms with Crippen LogP contribution in [0.25, 0.3) is 55.7 Å². The van der Waals surface area contributed by atoms with Gasteiger partial charge in [0.05, 0.1) is 43.1 Å². The third-order valence-corrected chi connectivity index (χ3v) is 9.02. The Balaban J connectivity index is 1.49. The first-order valence-corrected chi connectivity index (χ1v) is 13.6. The predicted molar refractivity (Wildman–Crippen MR) is 143 cm³/mol. The van der Waals surface area contributed by atoms with E-state index in [9.17, 15) is 8.42 Å². The van der Waals surface area contributed by atoms with Crippen molar-refractivity contribution in [2.24, 2.45) is 0 Å². The van der Waals surface area contributed by atoms with Gasteiger partial charge >= 0.3 is 0 Å². The molecule has 1 aliphatic heterocycles. The molecule has 0 unspecified atom stereocenters. The minimum absolute atomic E-state index is 0.255. The summed E-state index contributed by atoms with van der Waals surface area (Å²) < 4.78 is 31.9. The molecule has 0 atom stereocenters. The van der Waals surface area contributed by atoms with Gasteiger partial charge in [-0.3, -0.25) is 8.97 Å². The fourth-order valence-electron chi connectivity index (χ4n) is 5.57. The van der Waals surface area contributed by atoms with Crippen LogP contribution in [-0.2, 0) is 16.3 Å². The molecule has 4 aromatic carbocycles. The quantitative estimate of drug-likeness (QED) is 0.301. The summed E-state index contributed by atoms with van der Waals surface area (Å²) in [5.74, 6) is 1.48. The maximum atomic E-state index is 13.9. The van der Waals surface area contributed by atoms with Crippen LogP contribution in [0.2, 0.25) is 0 Å². The summed E-state index contributed by atoms with van der Waals surface area (Å²) in [6.45, 7) is 2.03. The van der Waals surface area contributed by atoms with Crippen molar-refractivity contribution >= 4 is 48.5 Å². The topological polar surface area (TPSA) is 82.2 Å². The number of nitrogens with zero attached hydrogens (tertiary/aromatic N) is 5. The molecular formula is C29H19N5O2S. The van der Waals surface area contributed by atoms with E-state index in [1.54, 1.807) is 18.2 Å². The number of hydrogen-bond donors (Lipinski definition) is 0. The van der Waals surface area contributed by atoms with E-state index < -0.39 is 9.84 Å². The van der Waals surface area contributed by atoms with E-state index in [0.29, 0.717) is 34.5 Å². The Labute approximate surface area is 211 Å². The number of aryl methyl sites for hydroxylation is 1. The third kappa shape index (κ3) is 2.60. The van der Waals surface area contributed by atoms with Crippen LogP contribution in [0.1, 0.15) is 12.7 Å². The Kier molecular flexibility index (Phi) is 3.91. The minimum Gasteiger partial charge on any atom is -0.294 e. The smallest absolute Gasteiger partial charge is 0.210 e. The van der Waals surface area contributed by atoms with E-state index in [-0.39, 0.29) is 9.79 Å². The summed E-state index contributed by atoms with van der Waals surface area (Å²) in [6.07, 6.45) is 0.684. The second-order valence-electron chi connectivity index (χ2n) is 9.24. The number of imidazole rings is 2. The fraction of sp³-hybridized carbons (Fsp3) is 0.0690. The number of hydrogen-bond acceptors (Lipinski definition) is 5. The van der Waals surface area contributed by atoms with Crippen molar-refractivity contribution in [3.8, 4) is 17.1 Å². The number of sulfone groups is 1. The molecule has 3 aromatic heterocycles. The van der Waals surface area contributed by atoms with Gasteiger partial charge in [0.1, 0.15) is 17.3 Å². The van der Waals surface area contributed by atoms with Crippen molar-refractivity contribution in [3.05, 3.63) is 90.8 Å². The van der Waals surface area contributed by atoms with Gasteiger partial charge in [-0.2, -0.15) is 0 Å². The molecule has 0 N–H and O–H groups in total. The maximum Gasteiger partial charge on any atom is 0.210 e. The van der Waals surface area contributed by atoms with Crippen LogP contribution in [0.15, 0.2) is 94.7 Å². The van der Waals surface area contributed by atoms with Crippen LogP contribution >= 0.6 is 0 Å². The number of aromatic nitrogens is 5. The van der Waals surface area contributed by atoms with Crippen molar-refractivity contribution < 1.29 is 8.42 Å². The van der Waals surface area contributed by atoms with E-state index in [2.05, 4.69) is 0 Å². The molecule has 0 spiro atoms. The highest BCUT2D eigenvalue weighted by atomic mass is 32.2. The molecule has 0 bridgehead atoms. The number of benzene rings is 4. The molecule has 0 fully saturated rings. The summed E-state index contributed by atoms with van der Waals surface area (Å²) in [4.78, 5) is 15.2. The zero-order chi connectivity index (χ0) is 24.9. The van der Waals surface area contributed by atoms with Gasteiger partial charge in [-0.1, -0.05) is 37.3 Å². The number of para-hydroxylation sites is 4. The summed E-state index contributed by atoms with van der Waals surface area (Å²) >= 11 is 0. The molecule has 0 radical (unpaired) electrons. The molecule has 37 heavy (non-hydrogen) atoms. The van der Waals surface area contributed by atoms with Crippen LogP contribution in [-0.4, -0.2) is 32.3 Å². The lowest BCUT2D eigenvalue weighted by molar-refractivity contribution is 0.594. The molecule has 0 saturated heterocycles. The third-order valence-electron chi connectivity index (χ3n) is 7.21. The van der Waals surface area contributed by atoms with E-state index in [0.717, 1.165) is 33.4 Å². The largest absolute Gasteiger partial charge is 0.294 e. The van der Waals surface area contributed by atoms with Gasteiger partial charge in [-0.25, -0.2) is 23.4 Å². The van der Waals surface area contributed by atoms with Crippen molar-refractivity contribution in [1.82, 2.24) is 23.9 Å². The van der Waals surface area contributed by atoms with Gasteiger partial charge in [0.15, 0.2) is 0 Å². The Morgan fingerprint density at radius 2 is 1.54 bits per heavy atom. The summed E-state index contributed by atoms with van der Waals surface area (Å²) in [5.41, 5.74) is 6.02. The maximum absolute atomic E-state index is 13.9. The van der Waals surface area contributed by atoms with Gasteiger partial charge < -0.3 is 0 Å².